The quantitative estimate of drug-likeness (QED) is 0.891. The molecule has 1 aromatic rings. The van der Waals surface area contributed by atoms with Crippen molar-refractivity contribution in [3.8, 4) is 5.88 Å². The van der Waals surface area contributed by atoms with Crippen LogP contribution in [0.1, 0.15) is 58.1 Å². The summed E-state index contributed by atoms with van der Waals surface area (Å²) < 4.78 is 5.97. The molecule has 0 amide bonds. The monoisotopic (exact) mass is 248 g/mol. The lowest BCUT2D eigenvalue weighted by Gasteiger charge is -2.34. The molecule has 0 spiro atoms. The molecule has 18 heavy (non-hydrogen) atoms. The summed E-state index contributed by atoms with van der Waals surface area (Å²) in [5.74, 6) is 0.717. The van der Waals surface area contributed by atoms with Crippen LogP contribution in [-0.4, -0.2) is 11.1 Å². The van der Waals surface area contributed by atoms with E-state index < -0.39 is 0 Å². The van der Waals surface area contributed by atoms with Crippen molar-refractivity contribution >= 4 is 0 Å². The van der Waals surface area contributed by atoms with Crippen molar-refractivity contribution in [3.63, 3.8) is 0 Å². The first-order chi connectivity index (χ1) is 8.46. The van der Waals surface area contributed by atoms with Crippen molar-refractivity contribution in [3.05, 3.63) is 23.9 Å². The molecule has 3 nitrogen and oxygen atoms in total. The third-order valence-electron chi connectivity index (χ3n) is 3.86. The Labute approximate surface area is 110 Å². The van der Waals surface area contributed by atoms with Crippen LogP contribution < -0.4 is 10.5 Å². The van der Waals surface area contributed by atoms with E-state index in [-0.39, 0.29) is 6.04 Å². The van der Waals surface area contributed by atoms with Crippen LogP contribution >= 0.6 is 0 Å². The van der Waals surface area contributed by atoms with E-state index in [0.717, 1.165) is 24.3 Å². The molecule has 0 unspecified atom stereocenters. The van der Waals surface area contributed by atoms with E-state index in [1.807, 2.05) is 19.1 Å². The number of pyridine rings is 1. The Morgan fingerprint density at radius 2 is 2.06 bits per heavy atom. The molecule has 2 N–H and O–H groups in total. The van der Waals surface area contributed by atoms with Gasteiger partial charge in [0.2, 0.25) is 5.88 Å². The maximum absolute atomic E-state index is 5.97. The van der Waals surface area contributed by atoms with Gasteiger partial charge in [-0.2, -0.15) is 0 Å². The second kappa shape index (κ2) is 5.27. The van der Waals surface area contributed by atoms with Crippen molar-refractivity contribution in [2.75, 3.05) is 0 Å². The number of nitrogens with two attached hydrogens (primary N) is 1. The molecule has 100 valence electrons. The summed E-state index contributed by atoms with van der Waals surface area (Å²) in [5.41, 5.74) is 7.42. The van der Waals surface area contributed by atoms with Crippen LogP contribution in [0.3, 0.4) is 0 Å². The average molecular weight is 248 g/mol. The third-order valence-corrected chi connectivity index (χ3v) is 3.86. The van der Waals surface area contributed by atoms with E-state index in [4.69, 9.17) is 10.5 Å². The van der Waals surface area contributed by atoms with Gasteiger partial charge in [0.15, 0.2) is 0 Å². The lowest BCUT2D eigenvalue weighted by atomic mass is 9.76. The number of hydrogen-bond acceptors (Lipinski definition) is 3. The van der Waals surface area contributed by atoms with Crippen molar-refractivity contribution in [1.29, 1.82) is 0 Å². The molecular weight excluding hydrogens is 224 g/mol. The summed E-state index contributed by atoms with van der Waals surface area (Å²) >= 11 is 0. The maximum Gasteiger partial charge on any atom is 0.213 e. The average Bonchev–Trinajstić information content (AvgIpc) is 2.32. The highest BCUT2D eigenvalue weighted by molar-refractivity contribution is 5.23. The molecule has 0 saturated heterocycles. The number of hydrogen-bond donors (Lipinski definition) is 1. The van der Waals surface area contributed by atoms with Gasteiger partial charge in [0.25, 0.3) is 0 Å². The van der Waals surface area contributed by atoms with Crippen LogP contribution in [0.5, 0.6) is 5.88 Å². The summed E-state index contributed by atoms with van der Waals surface area (Å²) in [5, 5.41) is 0. The molecule has 1 saturated carbocycles. The fraction of sp³-hybridized carbons (Fsp3) is 0.667. The van der Waals surface area contributed by atoms with Gasteiger partial charge in [-0.1, -0.05) is 13.8 Å². The topological polar surface area (TPSA) is 48.1 Å². The Hall–Kier alpha value is -1.09. The maximum atomic E-state index is 5.97. The van der Waals surface area contributed by atoms with Crippen molar-refractivity contribution in [2.45, 2.75) is 58.6 Å². The molecule has 0 aliphatic heterocycles. The predicted octanol–water partition coefficient (Wildman–Crippen LogP) is 3.45. The second-order valence-corrected chi connectivity index (χ2v) is 6.20. The van der Waals surface area contributed by atoms with E-state index in [1.54, 1.807) is 6.20 Å². The highest BCUT2D eigenvalue weighted by Gasteiger charge is 2.27. The van der Waals surface area contributed by atoms with Crippen LogP contribution in [-0.2, 0) is 0 Å². The zero-order valence-electron chi connectivity index (χ0n) is 11.6. The van der Waals surface area contributed by atoms with E-state index in [2.05, 4.69) is 18.8 Å². The smallest absolute Gasteiger partial charge is 0.213 e. The molecule has 1 atom stereocenters. The SMILES string of the molecule is C[C@@H](N)c1ccnc(OC2CCC(C)(C)CC2)c1. The molecule has 2 rings (SSSR count). The molecule has 1 aliphatic carbocycles. The molecule has 1 aromatic heterocycles. The minimum atomic E-state index is 0.0284. The molecule has 3 heteroatoms. The fourth-order valence-corrected chi connectivity index (χ4v) is 2.43. The zero-order chi connectivity index (χ0) is 13.2. The molecule has 1 fully saturated rings. The van der Waals surface area contributed by atoms with E-state index in [9.17, 15) is 0 Å². The first-order valence-electron chi connectivity index (χ1n) is 6.84. The van der Waals surface area contributed by atoms with Crippen LogP contribution in [0.4, 0.5) is 0 Å². The van der Waals surface area contributed by atoms with Gasteiger partial charge in [0, 0.05) is 18.3 Å². The lowest BCUT2D eigenvalue weighted by molar-refractivity contribution is 0.0948. The standard InChI is InChI=1S/C15H24N2O/c1-11(16)12-6-9-17-14(10-12)18-13-4-7-15(2,3)8-5-13/h6,9-11,13H,4-5,7-8,16H2,1-3H3/t11-/m1/s1. The van der Waals surface area contributed by atoms with Crippen molar-refractivity contribution in [1.82, 2.24) is 4.98 Å². The Balaban J connectivity index is 1.96. The summed E-state index contributed by atoms with van der Waals surface area (Å²) in [6, 6.07) is 3.94. The highest BCUT2D eigenvalue weighted by Crippen LogP contribution is 2.36. The number of ether oxygens (including phenoxy) is 1. The molecule has 1 heterocycles. The number of aromatic nitrogens is 1. The number of rotatable bonds is 3. The first-order valence-corrected chi connectivity index (χ1v) is 6.84. The van der Waals surface area contributed by atoms with Gasteiger partial charge in [0.05, 0.1) is 0 Å². The minimum Gasteiger partial charge on any atom is -0.474 e. The Morgan fingerprint density at radius 1 is 1.39 bits per heavy atom. The molecule has 0 bridgehead atoms. The normalized spacial score (nSPS) is 21.6. The molecule has 1 aliphatic rings. The van der Waals surface area contributed by atoms with Gasteiger partial charge < -0.3 is 10.5 Å². The second-order valence-electron chi connectivity index (χ2n) is 6.20. The van der Waals surface area contributed by atoms with E-state index in [0.29, 0.717) is 11.5 Å². The van der Waals surface area contributed by atoms with Crippen LogP contribution in [0, 0.1) is 5.41 Å². The molecular formula is C15H24N2O. The predicted molar refractivity (Wildman–Crippen MR) is 73.5 cm³/mol. The van der Waals surface area contributed by atoms with Gasteiger partial charge in [-0.15, -0.1) is 0 Å². The van der Waals surface area contributed by atoms with Crippen LogP contribution in [0.25, 0.3) is 0 Å². The van der Waals surface area contributed by atoms with E-state index >= 15 is 0 Å². The van der Waals surface area contributed by atoms with Gasteiger partial charge in [-0.05, 0) is 49.7 Å². The molecule has 0 radical (unpaired) electrons. The summed E-state index contributed by atoms with van der Waals surface area (Å²) in [6.45, 7) is 6.64. The summed E-state index contributed by atoms with van der Waals surface area (Å²) in [7, 11) is 0. The summed E-state index contributed by atoms with van der Waals surface area (Å²) in [6.07, 6.45) is 6.79. The Bertz CT molecular complexity index is 391. The Kier molecular flexibility index (Phi) is 3.91. The Morgan fingerprint density at radius 3 is 2.67 bits per heavy atom. The van der Waals surface area contributed by atoms with Gasteiger partial charge in [0.1, 0.15) is 6.10 Å². The zero-order valence-corrected chi connectivity index (χ0v) is 11.6. The minimum absolute atomic E-state index is 0.0284. The number of nitrogens with zero attached hydrogens (tertiary/aromatic N) is 1. The first kappa shape index (κ1) is 13.3. The molecule has 0 aromatic carbocycles. The fourth-order valence-electron chi connectivity index (χ4n) is 2.43. The highest BCUT2D eigenvalue weighted by atomic mass is 16.5. The van der Waals surface area contributed by atoms with Crippen molar-refractivity contribution in [2.24, 2.45) is 11.1 Å². The summed E-state index contributed by atoms with van der Waals surface area (Å²) in [4.78, 5) is 4.27. The largest absolute Gasteiger partial charge is 0.474 e. The lowest BCUT2D eigenvalue weighted by Crippen LogP contribution is -2.28. The van der Waals surface area contributed by atoms with Gasteiger partial charge >= 0.3 is 0 Å². The van der Waals surface area contributed by atoms with E-state index in [1.165, 1.54) is 12.8 Å². The van der Waals surface area contributed by atoms with Crippen molar-refractivity contribution < 1.29 is 4.74 Å². The third kappa shape index (κ3) is 3.45. The van der Waals surface area contributed by atoms with Crippen LogP contribution in [0.15, 0.2) is 18.3 Å². The van der Waals surface area contributed by atoms with Crippen LogP contribution in [0.2, 0.25) is 0 Å². The van der Waals surface area contributed by atoms with Gasteiger partial charge in [-0.3, -0.25) is 0 Å². The van der Waals surface area contributed by atoms with Gasteiger partial charge in [-0.25, -0.2) is 4.98 Å².